The van der Waals surface area contributed by atoms with Crippen LogP contribution in [0.2, 0.25) is 0 Å². The van der Waals surface area contributed by atoms with Crippen LogP contribution in [0.1, 0.15) is 23.7 Å². The smallest absolute Gasteiger partial charge is 0.254 e. The summed E-state index contributed by atoms with van der Waals surface area (Å²) in [5, 5.41) is 0. The van der Waals surface area contributed by atoms with Gasteiger partial charge in [0.1, 0.15) is 11.6 Å². The number of nitrogens with one attached hydrogen (secondary N) is 1. The number of halogens is 1. The number of H-pyrrole nitrogens is 1. The third kappa shape index (κ3) is 2.18. The Bertz CT molecular complexity index is 647. The van der Waals surface area contributed by atoms with Crippen LogP contribution < -0.4 is 5.56 Å². The Labute approximate surface area is 105 Å². The Kier molecular flexibility index (Phi) is 3.28. The SMILES string of the molecule is CCc1nc(-c2ccc(C)c(F)c2)[nH]c(=O)c1C. The quantitative estimate of drug-likeness (QED) is 0.885. The van der Waals surface area contributed by atoms with E-state index in [1.54, 1.807) is 26.0 Å². The largest absolute Gasteiger partial charge is 0.306 e. The lowest BCUT2D eigenvalue weighted by molar-refractivity contribution is 0.619. The van der Waals surface area contributed by atoms with E-state index in [1.165, 1.54) is 6.07 Å². The summed E-state index contributed by atoms with van der Waals surface area (Å²) in [4.78, 5) is 18.8. The molecule has 0 aliphatic heterocycles. The number of aromatic nitrogens is 2. The van der Waals surface area contributed by atoms with Crippen LogP contribution in [0.15, 0.2) is 23.0 Å². The van der Waals surface area contributed by atoms with E-state index >= 15 is 0 Å². The van der Waals surface area contributed by atoms with Gasteiger partial charge in [-0.2, -0.15) is 0 Å². The standard InChI is InChI=1S/C14H15FN2O/c1-4-12-9(3)14(18)17-13(16-12)10-6-5-8(2)11(15)7-10/h5-7H,4H2,1-3H3,(H,16,17,18). The highest BCUT2D eigenvalue weighted by Crippen LogP contribution is 2.18. The van der Waals surface area contributed by atoms with E-state index in [-0.39, 0.29) is 11.4 Å². The number of nitrogens with zero attached hydrogens (tertiary/aromatic N) is 1. The minimum Gasteiger partial charge on any atom is -0.306 e. The summed E-state index contributed by atoms with van der Waals surface area (Å²) in [6.45, 7) is 5.38. The van der Waals surface area contributed by atoms with E-state index in [4.69, 9.17) is 0 Å². The lowest BCUT2D eigenvalue weighted by Crippen LogP contribution is -2.15. The fourth-order valence-electron chi connectivity index (χ4n) is 1.80. The Morgan fingerprint density at radius 2 is 2.06 bits per heavy atom. The van der Waals surface area contributed by atoms with Gasteiger partial charge < -0.3 is 4.98 Å². The monoisotopic (exact) mass is 246 g/mol. The number of benzene rings is 1. The first-order valence-corrected chi connectivity index (χ1v) is 5.89. The fourth-order valence-corrected chi connectivity index (χ4v) is 1.80. The number of hydrogen-bond acceptors (Lipinski definition) is 2. The fraction of sp³-hybridized carbons (Fsp3) is 0.286. The predicted molar refractivity (Wildman–Crippen MR) is 69.1 cm³/mol. The van der Waals surface area contributed by atoms with Crippen molar-refractivity contribution in [3.8, 4) is 11.4 Å². The molecular weight excluding hydrogens is 231 g/mol. The topological polar surface area (TPSA) is 45.8 Å². The molecule has 0 spiro atoms. The van der Waals surface area contributed by atoms with Crippen molar-refractivity contribution in [1.82, 2.24) is 9.97 Å². The minimum atomic E-state index is -0.297. The van der Waals surface area contributed by atoms with Crippen LogP contribution in [0.3, 0.4) is 0 Å². The van der Waals surface area contributed by atoms with Crippen molar-refractivity contribution in [2.24, 2.45) is 0 Å². The van der Waals surface area contributed by atoms with Crippen LogP contribution in [0.5, 0.6) is 0 Å². The van der Waals surface area contributed by atoms with Gasteiger partial charge in [-0.1, -0.05) is 19.1 Å². The van der Waals surface area contributed by atoms with Gasteiger partial charge in [-0.3, -0.25) is 4.79 Å². The molecule has 3 nitrogen and oxygen atoms in total. The van der Waals surface area contributed by atoms with Crippen molar-refractivity contribution in [3.63, 3.8) is 0 Å². The Balaban J connectivity index is 2.60. The third-order valence-electron chi connectivity index (χ3n) is 3.03. The molecule has 18 heavy (non-hydrogen) atoms. The second kappa shape index (κ2) is 4.72. The molecule has 1 aromatic heterocycles. The molecular formula is C14H15FN2O. The molecule has 0 radical (unpaired) electrons. The van der Waals surface area contributed by atoms with Gasteiger partial charge in [0.05, 0.1) is 5.69 Å². The van der Waals surface area contributed by atoms with Crippen LogP contribution in [0.4, 0.5) is 4.39 Å². The van der Waals surface area contributed by atoms with Gasteiger partial charge in [0.2, 0.25) is 0 Å². The first-order chi connectivity index (χ1) is 8.52. The van der Waals surface area contributed by atoms with Crippen LogP contribution in [0, 0.1) is 19.7 Å². The average Bonchev–Trinajstić information content (AvgIpc) is 2.36. The van der Waals surface area contributed by atoms with E-state index < -0.39 is 0 Å². The third-order valence-corrected chi connectivity index (χ3v) is 3.03. The van der Waals surface area contributed by atoms with E-state index in [2.05, 4.69) is 9.97 Å². The zero-order valence-corrected chi connectivity index (χ0v) is 10.7. The summed E-state index contributed by atoms with van der Waals surface area (Å²) in [5.74, 6) is 0.120. The van der Waals surface area contributed by atoms with Gasteiger partial charge >= 0.3 is 0 Å². The van der Waals surface area contributed by atoms with Crippen molar-refractivity contribution in [1.29, 1.82) is 0 Å². The van der Waals surface area contributed by atoms with Gasteiger partial charge in [-0.25, -0.2) is 9.37 Å². The molecule has 0 atom stereocenters. The maximum absolute atomic E-state index is 13.5. The van der Waals surface area contributed by atoms with E-state index in [9.17, 15) is 9.18 Å². The first-order valence-electron chi connectivity index (χ1n) is 5.89. The maximum Gasteiger partial charge on any atom is 0.254 e. The maximum atomic E-state index is 13.5. The summed E-state index contributed by atoms with van der Waals surface area (Å²) in [7, 11) is 0. The van der Waals surface area contributed by atoms with Crippen LogP contribution in [0.25, 0.3) is 11.4 Å². The van der Waals surface area contributed by atoms with Gasteiger partial charge in [-0.05, 0) is 31.9 Å². The molecule has 0 saturated carbocycles. The molecule has 0 aliphatic rings. The predicted octanol–water partition coefficient (Wildman–Crippen LogP) is 2.76. The Hall–Kier alpha value is -1.97. The molecule has 0 bridgehead atoms. The van der Waals surface area contributed by atoms with E-state index in [0.29, 0.717) is 28.9 Å². The molecule has 0 amide bonds. The summed E-state index contributed by atoms with van der Waals surface area (Å²) in [6.07, 6.45) is 0.678. The van der Waals surface area contributed by atoms with Crippen molar-refractivity contribution in [3.05, 3.63) is 51.2 Å². The molecule has 1 heterocycles. The van der Waals surface area contributed by atoms with Crippen molar-refractivity contribution < 1.29 is 4.39 Å². The molecule has 2 aromatic rings. The molecule has 0 aliphatic carbocycles. The molecule has 94 valence electrons. The molecule has 0 saturated heterocycles. The van der Waals surface area contributed by atoms with Gasteiger partial charge in [0, 0.05) is 11.1 Å². The zero-order valence-electron chi connectivity index (χ0n) is 10.7. The highest BCUT2D eigenvalue weighted by molar-refractivity contribution is 5.55. The van der Waals surface area contributed by atoms with Crippen molar-refractivity contribution in [2.45, 2.75) is 27.2 Å². The molecule has 4 heteroatoms. The molecule has 1 N–H and O–H groups in total. The van der Waals surface area contributed by atoms with Crippen molar-refractivity contribution >= 4 is 0 Å². The number of aromatic amines is 1. The first kappa shape index (κ1) is 12.5. The normalized spacial score (nSPS) is 10.7. The summed E-state index contributed by atoms with van der Waals surface area (Å²) < 4.78 is 13.5. The van der Waals surface area contributed by atoms with Crippen LogP contribution in [-0.2, 0) is 6.42 Å². The highest BCUT2D eigenvalue weighted by Gasteiger charge is 2.09. The number of aryl methyl sites for hydroxylation is 2. The molecule has 1 aromatic carbocycles. The van der Waals surface area contributed by atoms with Gasteiger partial charge in [0.25, 0.3) is 5.56 Å². The summed E-state index contributed by atoms with van der Waals surface area (Å²) >= 11 is 0. The molecule has 2 rings (SSSR count). The van der Waals surface area contributed by atoms with E-state index in [1.807, 2.05) is 6.92 Å². The minimum absolute atomic E-state index is 0.169. The number of hydrogen-bond donors (Lipinski definition) is 1. The Morgan fingerprint density at radius 3 is 2.67 bits per heavy atom. The van der Waals surface area contributed by atoms with Crippen molar-refractivity contribution in [2.75, 3.05) is 0 Å². The number of rotatable bonds is 2. The second-order valence-electron chi connectivity index (χ2n) is 4.30. The lowest BCUT2D eigenvalue weighted by Gasteiger charge is -2.06. The van der Waals surface area contributed by atoms with Gasteiger partial charge in [-0.15, -0.1) is 0 Å². The van der Waals surface area contributed by atoms with Gasteiger partial charge in [0.15, 0.2) is 0 Å². The summed E-state index contributed by atoms with van der Waals surface area (Å²) in [6, 6.07) is 4.82. The lowest BCUT2D eigenvalue weighted by atomic mass is 10.1. The summed E-state index contributed by atoms with van der Waals surface area (Å²) in [5.41, 5.74) is 2.36. The molecule has 0 unspecified atom stereocenters. The van der Waals surface area contributed by atoms with Crippen LogP contribution in [-0.4, -0.2) is 9.97 Å². The van der Waals surface area contributed by atoms with E-state index in [0.717, 1.165) is 5.69 Å². The highest BCUT2D eigenvalue weighted by atomic mass is 19.1. The average molecular weight is 246 g/mol. The zero-order chi connectivity index (χ0) is 13.3. The Morgan fingerprint density at radius 1 is 1.33 bits per heavy atom. The van der Waals surface area contributed by atoms with Crippen LogP contribution >= 0.6 is 0 Å². The second-order valence-corrected chi connectivity index (χ2v) is 4.30. The molecule has 0 fully saturated rings.